The van der Waals surface area contributed by atoms with Crippen LogP contribution < -0.4 is 0 Å². The number of carbonyl (C=O) groups is 2. The third kappa shape index (κ3) is 4.45. The standard InChI is InChI=1S/C17H21NO3/c1-13-4-2-3-5-15(13)7-8-16(19)18-11-10-14(12-18)6-9-17(20)21/h2-5,7-8,14H,6,9-12H2,1H3,(H,20,21)/b8-7+. The monoisotopic (exact) mass is 287 g/mol. The van der Waals surface area contributed by atoms with E-state index >= 15 is 0 Å². The second-order valence-electron chi connectivity index (χ2n) is 5.56. The summed E-state index contributed by atoms with van der Waals surface area (Å²) >= 11 is 0. The maximum absolute atomic E-state index is 12.1. The van der Waals surface area contributed by atoms with Gasteiger partial charge in [-0.3, -0.25) is 9.59 Å². The molecule has 1 saturated heterocycles. The molecule has 0 spiro atoms. The molecule has 4 nitrogen and oxygen atoms in total. The summed E-state index contributed by atoms with van der Waals surface area (Å²) < 4.78 is 0. The number of aliphatic carboxylic acids is 1. The first kappa shape index (κ1) is 15.3. The smallest absolute Gasteiger partial charge is 0.303 e. The normalized spacial score (nSPS) is 18.3. The van der Waals surface area contributed by atoms with Crippen LogP contribution in [0.1, 0.15) is 30.4 Å². The van der Waals surface area contributed by atoms with Crippen LogP contribution in [-0.2, 0) is 9.59 Å². The minimum Gasteiger partial charge on any atom is -0.481 e. The van der Waals surface area contributed by atoms with Gasteiger partial charge in [0.15, 0.2) is 0 Å². The lowest BCUT2D eigenvalue weighted by molar-refractivity contribution is -0.137. The lowest BCUT2D eigenvalue weighted by Gasteiger charge is -2.14. The van der Waals surface area contributed by atoms with Crippen molar-refractivity contribution < 1.29 is 14.7 Å². The molecule has 1 unspecified atom stereocenters. The Hall–Kier alpha value is -2.10. The molecule has 1 aromatic carbocycles. The second-order valence-corrected chi connectivity index (χ2v) is 5.56. The highest BCUT2D eigenvalue weighted by atomic mass is 16.4. The molecule has 2 rings (SSSR count). The number of benzene rings is 1. The van der Waals surface area contributed by atoms with Crippen molar-refractivity contribution in [2.75, 3.05) is 13.1 Å². The van der Waals surface area contributed by atoms with Crippen molar-refractivity contribution in [1.29, 1.82) is 0 Å². The Balaban J connectivity index is 1.87. The minimum atomic E-state index is -0.765. The molecule has 0 saturated carbocycles. The first-order chi connectivity index (χ1) is 10.1. The Morgan fingerprint density at radius 1 is 1.38 bits per heavy atom. The Bertz CT molecular complexity index is 551. The summed E-state index contributed by atoms with van der Waals surface area (Å²) in [4.78, 5) is 24.5. The zero-order chi connectivity index (χ0) is 15.2. The lowest BCUT2D eigenvalue weighted by Crippen LogP contribution is -2.26. The third-order valence-corrected chi connectivity index (χ3v) is 3.96. The summed E-state index contributed by atoms with van der Waals surface area (Å²) in [6.45, 7) is 3.41. The third-order valence-electron chi connectivity index (χ3n) is 3.96. The molecule has 1 aromatic rings. The van der Waals surface area contributed by atoms with Crippen molar-refractivity contribution in [3.8, 4) is 0 Å². The zero-order valence-corrected chi connectivity index (χ0v) is 12.3. The number of carboxylic acid groups (broad SMARTS) is 1. The van der Waals surface area contributed by atoms with Crippen molar-refractivity contribution in [3.05, 3.63) is 41.5 Å². The molecule has 0 radical (unpaired) electrons. The Morgan fingerprint density at radius 3 is 2.86 bits per heavy atom. The largest absolute Gasteiger partial charge is 0.481 e. The quantitative estimate of drug-likeness (QED) is 0.847. The summed E-state index contributed by atoms with van der Waals surface area (Å²) in [6, 6.07) is 7.93. The molecule has 1 fully saturated rings. The average Bonchev–Trinajstić information content (AvgIpc) is 2.93. The van der Waals surface area contributed by atoms with E-state index in [0.717, 1.165) is 24.1 Å². The van der Waals surface area contributed by atoms with E-state index in [0.29, 0.717) is 18.9 Å². The van der Waals surface area contributed by atoms with Gasteiger partial charge in [-0.1, -0.05) is 24.3 Å². The van der Waals surface area contributed by atoms with Crippen LogP contribution in [0.2, 0.25) is 0 Å². The molecule has 0 aliphatic carbocycles. The highest BCUT2D eigenvalue weighted by Crippen LogP contribution is 2.21. The Kier molecular flexibility index (Phi) is 5.14. The Labute approximate surface area is 125 Å². The fourth-order valence-corrected chi connectivity index (χ4v) is 2.64. The van der Waals surface area contributed by atoms with Crippen LogP contribution >= 0.6 is 0 Å². The highest BCUT2D eigenvalue weighted by Gasteiger charge is 2.25. The van der Waals surface area contributed by atoms with E-state index in [1.165, 1.54) is 0 Å². The molecule has 0 aromatic heterocycles. The van der Waals surface area contributed by atoms with E-state index < -0.39 is 5.97 Å². The van der Waals surface area contributed by atoms with Crippen molar-refractivity contribution in [3.63, 3.8) is 0 Å². The molecule has 4 heteroatoms. The van der Waals surface area contributed by atoms with E-state index in [1.54, 1.807) is 11.0 Å². The maximum Gasteiger partial charge on any atom is 0.303 e. The zero-order valence-electron chi connectivity index (χ0n) is 12.3. The SMILES string of the molecule is Cc1ccccc1/C=C/C(=O)N1CCC(CCC(=O)O)C1. The number of rotatable bonds is 5. The van der Waals surface area contributed by atoms with Crippen LogP contribution in [0.25, 0.3) is 6.08 Å². The number of nitrogens with zero attached hydrogens (tertiary/aromatic N) is 1. The molecule has 21 heavy (non-hydrogen) atoms. The van der Waals surface area contributed by atoms with E-state index in [9.17, 15) is 9.59 Å². The van der Waals surface area contributed by atoms with Gasteiger partial charge in [-0.15, -0.1) is 0 Å². The van der Waals surface area contributed by atoms with Gasteiger partial charge in [0.2, 0.25) is 5.91 Å². The molecule has 1 aliphatic rings. The van der Waals surface area contributed by atoms with Crippen molar-refractivity contribution >= 4 is 18.0 Å². The van der Waals surface area contributed by atoms with E-state index in [4.69, 9.17) is 5.11 Å². The summed E-state index contributed by atoms with van der Waals surface area (Å²) in [5, 5.41) is 8.69. The number of carboxylic acids is 1. The van der Waals surface area contributed by atoms with Gasteiger partial charge in [0, 0.05) is 25.6 Å². The first-order valence-corrected chi connectivity index (χ1v) is 7.30. The predicted octanol–water partition coefficient (Wildman–Crippen LogP) is 2.72. The predicted molar refractivity (Wildman–Crippen MR) is 81.8 cm³/mol. The first-order valence-electron chi connectivity index (χ1n) is 7.30. The van der Waals surface area contributed by atoms with Crippen molar-refractivity contribution in [2.24, 2.45) is 5.92 Å². The van der Waals surface area contributed by atoms with Crippen LogP contribution in [0, 0.1) is 12.8 Å². The van der Waals surface area contributed by atoms with Crippen molar-refractivity contribution in [2.45, 2.75) is 26.2 Å². The number of carbonyl (C=O) groups excluding carboxylic acids is 1. The Morgan fingerprint density at radius 2 is 2.14 bits per heavy atom. The molecular formula is C17H21NO3. The van der Waals surface area contributed by atoms with Crippen LogP contribution in [-0.4, -0.2) is 35.0 Å². The van der Waals surface area contributed by atoms with Gasteiger partial charge in [-0.25, -0.2) is 0 Å². The summed E-state index contributed by atoms with van der Waals surface area (Å²) in [5.74, 6) is -0.438. The lowest BCUT2D eigenvalue weighted by atomic mass is 10.0. The molecule has 1 N–H and O–H groups in total. The molecule has 1 atom stereocenters. The minimum absolute atomic E-state index is 0.0103. The van der Waals surface area contributed by atoms with Gasteiger partial charge < -0.3 is 10.0 Å². The van der Waals surface area contributed by atoms with E-state index in [1.807, 2.05) is 37.3 Å². The summed E-state index contributed by atoms with van der Waals surface area (Å²) in [5.41, 5.74) is 2.19. The number of aryl methyl sites for hydroxylation is 1. The van der Waals surface area contributed by atoms with Gasteiger partial charge in [0.25, 0.3) is 0 Å². The van der Waals surface area contributed by atoms with Crippen LogP contribution in [0.15, 0.2) is 30.3 Å². The highest BCUT2D eigenvalue weighted by molar-refractivity contribution is 5.92. The molecule has 112 valence electrons. The van der Waals surface area contributed by atoms with E-state index in [-0.39, 0.29) is 12.3 Å². The van der Waals surface area contributed by atoms with Gasteiger partial charge in [-0.2, -0.15) is 0 Å². The van der Waals surface area contributed by atoms with Gasteiger partial charge >= 0.3 is 5.97 Å². The summed E-state index contributed by atoms with van der Waals surface area (Å²) in [7, 11) is 0. The summed E-state index contributed by atoms with van der Waals surface area (Å²) in [6.07, 6.45) is 5.20. The van der Waals surface area contributed by atoms with Gasteiger partial charge in [0.1, 0.15) is 0 Å². The molecule has 1 aliphatic heterocycles. The van der Waals surface area contributed by atoms with Gasteiger partial charge in [0.05, 0.1) is 0 Å². The molecule has 0 bridgehead atoms. The fraction of sp³-hybridized carbons (Fsp3) is 0.412. The van der Waals surface area contributed by atoms with Crippen LogP contribution in [0.3, 0.4) is 0 Å². The average molecular weight is 287 g/mol. The number of hydrogen-bond acceptors (Lipinski definition) is 2. The molecule has 1 heterocycles. The fourth-order valence-electron chi connectivity index (χ4n) is 2.64. The molecule has 1 amide bonds. The maximum atomic E-state index is 12.1. The number of hydrogen-bond donors (Lipinski definition) is 1. The second kappa shape index (κ2) is 7.07. The number of amides is 1. The molecular weight excluding hydrogens is 266 g/mol. The van der Waals surface area contributed by atoms with E-state index in [2.05, 4.69) is 0 Å². The van der Waals surface area contributed by atoms with Crippen LogP contribution in [0.5, 0.6) is 0 Å². The van der Waals surface area contributed by atoms with Crippen LogP contribution in [0.4, 0.5) is 0 Å². The topological polar surface area (TPSA) is 57.6 Å². The van der Waals surface area contributed by atoms with Crippen molar-refractivity contribution in [1.82, 2.24) is 4.90 Å². The van der Waals surface area contributed by atoms with Gasteiger partial charge in [-0.05, 0) is 42.9 Å². The number of likely N-dealkylation sites (tertiary alicyclic amines) is 1.